The van der Waals surface area contributed by atoms with Crippen molar-refractivity contribution in [3.8, 4) is 0 Å². The van der Waals surface area contributed by atoms with Crippen LogP contribution in [0.4, 0.5) is 0 Å². The Bertz CT molecular complexity index is 734. The number of likely N-dealkylation sites (tertiary alicyclic amines) is 1. The monoisotopic (exact) mass is 400 g/mol. The molecule has 0 bridgehead atoms. The van der Waals surface area contributed by atoms with Crippen molar-refractivity contribution in [3.05, 3.63) is 29.3 Å². The van der Waals surface area contributed by atoms with E-state index in [1.807, 2.05) is 4.90 Å². The summed E-state index contributed by atoms with van der Waals surface area (Å²) in [6.07, 6.45) is 3.45. The molecule has 0 atom stereocenters. The van der Waals surface area contributed by atoms with Gasteiger partial charge in [-0.25, -0.2) is 8.42 Å². The van der Waals surface area contributed by atoms with E-state index in [1.165, 1.54) is 0 Å². The van der Waals surface area contributed by atoms with Gasteiger partial charge in [-0.15, -0.1) is 0 Å². The van der Waals surface area contributed by atoms with Gasteiger partial charge in [-0.3, -0.25) is 4.79 Å². The summed E-state index contributed by atoms with van der Waals surface area (Å²) in [5.41, 5.74) is 0. The summed E-state index contributed by atoms with van der Waals surface area (Å²) in [6, 6.07) is 6.45. The molecule has 0 radical (unpaired) electrons. The Morgan fingerprint density at radius 2 is 1.96 bits per heavy atom. The molecule has 2 saturated heterocycles. The Balaban J connectivity index is 1.76. The molecule has 0 spiro atoms. The molecule has 6 nitrogen and oxygen atoms in total. The van der Waals surface area contributed by atoms with Crippen LogP contribution in [0.5, 0.6) is 0 Å². The van der Waals surface area contributed by atoms with Crippen LogP contribution in [0, 0.1) is 0 Å². The zero-order valence-corrected chi connectivity index (χ0v) is 16.3. The first-order valence-electron chi connectivity index (χ1n) is 9.12. The van der Waals surface area contributed by atoms with Gasteiger partial charge in [0.1, 0.15) is 4.90 Å². The van der Waals surface area contributed by atoms with Gasteiger partial charge in [0, 0.05) is 45.3 Å². The summed E-state index contributed by atoms with van der Waals surface area (Å²) in [5.74, 6) is 0.163. The van der Waals surface area contributed by atoms with Gasteiger partial charge >= 0.3 is 0 Å². The number of nitrogens with zero attached hydrogens (tertiary/aromatic N) is 2. The fourth-order valence-electron chi connectivity index (χ4n) is 3.61. The van der Waals surface area contributed by atoms with Crippen LogP contribution in [0.25, 0.3) is 0 Å². The van der Waals surface area contributed by atoms with E-state index in [9.17, 15) is 13.2 Å². The number of halogens is 1. The van der Waals surface area contributed by atoms with Gasteiger partial charge in [0.2, 0.25) is 15.9 Å². The lowest BCUT2D eigenvalue weighted by molar-refractivity contribution is -0.127. The maximum atomic E-state index is 13.3. The zero-order valence-electron chi connectivity index (χ0n) is 14.8. The van der Waals surface area contributed by atoms with Crippen molar-refractivity contribution in [3.63, 3.8) is 0 Å². The summed E-state index contributed by atoms with van der Waals surface area (Å²) in [7, 11) is -3.70. The molecule has 1 amide bonds. The molecule has 144 valence electrons. The molecule has 3 rings (SSSR count). The van der Waals surface area contributed by atoms with Crippen molar-refractivity contribution in [2.75, 3.05) is 32.8 Å². The van der Waals surface area contributed by atoms with Crippen LogP contribution in [-0.4, -0.2) is 62.4 Å². The normalized spacial score (nSPS) is 19.5. The minimum atomic E-state index is -3.70. The van der Waals surface area contributed by atoms with E-state index >= 15 is 0 Å². The van der Waals surface area contributed by atoms with E-state index in [0.717, 1.165) is 13.0 Å². The Kier molecular flexibility index (Phi) is 6.55. The molecule has 0 aliphatic carbocycles. The van der Waals surface area contributed by atoms with Crippen molar-refractivity contribution < 1.29 is 17.9 Å². The number of ether oxygens (including phenoxy) is 1. The topological polar surface area (TPSA) is 66.9 Å². The lowest BCUT2D eigenvalue weighted by Gasteiger charge is -2.34. The molecule has 1 aromatic carbocycles. The Morgan fingerprint density at radius 1 is 1.23 bits per heavy atom. The minimum Gasteiger partial charge on any atom is -0.381 e. The summed E-state index contributed by atoms with van der Waals surface area (Å²) in [5, 5.41) is 0.235. The van der Waals surface area contributed by atoms with E-state index < -0.39 is 10.0 Å². The molecule has 2 fully saturated rings. The molecule has 0 aromatic heterocycles. The van der Waals surface area contributed by atoms with E-state index in [2.05, 4.69) is 0 Å². The number of amides is 1. The molecule has 2 aliphatic rings. The Labute approximate surface area is 160 Å². The number of sulfonamides is 1. The third-order valence-electron chi connectivity index (χ3n) is 5.00. The number of hydrogen-bond acceptors (Lipinski definition) is 4. The highest BCUT2D eigenvalue weighted by molar-refractivity contribution is 7.89. The van der Waals surface area contributed by atoms with Gasteiger partial charge in [0.15, 0.2) is 0 Å². The van der Waals surface area contributed by atoms with Gasteiger partial charge in [-0.1, -0.05) is 23.7 Å². The number of carbonyl (C=O) groups is 1. The second-order valence-electron chi connectivity index (χ2n) is 6.73. The second kappa shape index (κ2) is 8.69. The maximum Gasteiger partial charge on any atom is 0.244 e. The maximum absolute atomic E-state index is 13.3. The smallest absolute Gasteiger partial charge is 0.244 e. The fourth-order valence-corrected chi connectivity index (χ4v) is 5.83. The zero-order chi connectivity index (χ0) is 18.6. The van der Waals surface area contributed by atoms with Crippen molar-refractivity contribution >= 4 is 27.5 Å². The molecule has 8 heteroatoms. The van der Waals surface area contributed by atoms with Crippen LogP contribution in [0.1, 0.15) is 32.1 Å². The lowest BCUT2D eigenvalue weighted by atomic mass is 10.1. The van der Waals surface area contributed by atoms with Crippen LogP contribution in [0.3, 0.4) is 0 Å². The van der Waals surface area contributed by atoms with Crippen LogP contribution in [0.15, 0.2) is 29.2 Å². The number of hydrogen-bond donors (Lipinski definition) is 0. The summed E-state index contributed by atoms with van der Waals surface area (Å²) >= 11 is 6.17. The molecule has 0 saturated carbocycles. The first-order chi connectivity index (χ1) is 12.5. The van der Waals surface area contributed by atoms with Crippen LogP contribution in [-0.2, 0) is 19.6 Å². The molecule has 1 aromatic rings. The lowest BCUT2D eigenvalue weighted by Crippen LogP contribution is -2.44. The molecule has 0 N–H and O–H groups in total. The van der Waals surface area contributed by atoms with E-state index in [-0.39, 0.29) is 21.9 Å². The van der Waals surface area contributed by atoms with Crippen LogP contribution >= 0.6 is 11.6 Å². The quantitative estimate of drug-likeness (QED) is 0.705. The third kappa shape index (κ3) is 4.39. The van der Waals surface area contributed by atoms with Crippen LogP contribution < -0.4 is 0 Å². The highest BCUT2D eigenvalue weighted by atomic mass is 35.5. The van der Waals surface area contributed by atoms with Gasteiger partial charge in [0.25, 0.3) is 0 Å². The number of carbonyl (C=O) groups excluding carboxylic acids is 1. The molecular formula is C18H25ClN2O4S. The number of benzene rings is 1. The molecule has 0 unspecified atom stereocenters. The predicted molar refractivity (Wildman–Crippen MR) is 99.6 cm³/mol. The predicted octanol–water partition coefficient (Wildman–Crippen LogP) is 2.52. The van der Waals surface area contributed by atoms with Crippen molar-refractivity contribution in [2.45, 2.75) is 43.0 Å². The molecule has 2 heterocycles. The molecule has 26 heavy (non-hydrogen) atoms. The fraction of sp³-hybridized carbons (Fsp3) is 0.611. The summed E-state index contributed by atoms with van der Waals surface area (Å²) in [4.78, 5) is 13.7. The van der Waals surface area contributed by atoms with E-state index in [1.54, 1.807) is 28.6 Å². The second-order valence-corrected chi connectivity index (χ2v) is 8.99. The van der Waals surface area contributed by atoms with E-state index in [0.29, 0.717) is 52.0 Å². The van der Waals surface area contributed by atoms with E-state index in [4.69, 9.17) is 16.3 Å². The van der Waals surface area contributed by atoms with Crippen molar-refractivity contribution in [1.29, 1.82) is 0 Å². The van der Waals surface area contributed by atoms with Gasteiger partial charge in [-0.05, 0) is 37.8 Å². The molecular weight excluding hydrogens is 376 g/mol. The largest absolute Gasteiger partial charge is 0.381 e. The van der Waals surface area contributed by atoms with Crippen molar-refractivity contribution in [2.24, 2.45) is 0 Å². The number of rotatable bonds is 7. The van der Waals surface area contributed by atoms with Gasteiger partial charge in [0.05, 0.1) is 5.02 Å². The van der Waals surface area contributed by atoms with Gasteiger partial charge < -0.3 is 9.64 Å². The standard InChI is InChI=1S/C18H25ClN2O4S/c19-16-5-1-2-6-17(16)26(23,24)21(15-8-13-25-14-9-15)12-4-11-20-10-3-7-18(20)22/h1-2,5-6,15H,3-4,7-14H2. The average Bonchev–Trinajstić information content (AvgIpc) is 3.04. The third-order valence-corrected chi connectivity index (χ3v) is 7.45. The van der Waals surface area contributed by atoms with Gasteiger partial charge in [-0.2, -0.15) is 4.31 Å². The highest BCUT2D eigenvalue weighted by Gasteiger charge is 2.33. The first kappa shape index (κ1) is 19.6. The first-order valence-corrected chi connectivity index (χ1v) is 10.9. The highest BCUT2D eigenvalue weighted by Crippen LogP contribution is 2.28. The Hall–Kier alpha value is -1.15. The minimum absolute atomic E-state index is 0.0979. The SMILES string of the molecule is O=C1CCCN1CCCN(C1CCOCC1)S(=O)(=O)c1ccccc1Cl. The summed E-state index contributed by atoms with van der Waals surface area (Å²) in [6.45, 7) is 2.86. The average molecular weight is 401 g/mol. The summed E-state index contributed by atoms with van der Waals surface area (Å²) < 4.78 is 33.5. The van der Waals surface area contributed by atoms with Crippen molar-refractivity contribution in [1.82, 2.24) is 9.21 Å². The Morgan fingerprint density at radius 3 is 2.62 bits per heavy atom. The molecule has 2 aliphatic heterocycles. The van der Waals surface area contributed by atoms with Crippen LogP contribution in [0.2, 0.25) is 5.02 Å².